The molecule has 3 fully saturated rings. The van der Waals surface area contributed by atoms with Crippen molar-refractivity contribution in [1.29, 1.82) is 0 Å². The first kappa shape index (κ1) is 25.5. The standard InChI is InChI=1S/C27H30N6O5S/c1-3-38-24-15-28-14-21(30-24)16-4-6-19(7-5-16)29-25(34)27(12-17-10-18(17)13-27)22-11-23(32-26(31-22)37-2)33-39(35,36)20-8-9-20/h4-7,11,14-15,17-18,20H,3,8-10,12-13H2,1-2H3,(H,29,34)(H,31,32,33). The van der Waals surface area contributed by atoms with Crippen molar-refractivity contribution in [2.45, 2.75) is 49.7 Å². The summed E-state index contributed by atoms with van der Waals surface area (Å²) in [5, 5.41) is 2.66. The Morgan fingerprint density at radius 1 is 1.08 bits per heavy atom. The maximum Gasteiger partial charge on any atom is 0.318 e. The van der Waals surface area contributed by atoms with E-state index in [4.69, 9.17) is 9.47 Å². The summed E-state index contributed by atoms with van der Waals surface area (Å²) < 4.78 is 38.5. The molecule has 1 amide bonds. The zero-order chi connectivity index (χ0) is 27.2. The van der Waals surface area contributed by atoms with Crippen LogP contribution in [0.4, 0.5) is 11.5 Å². The van der Waals surface area contributed by atoms with Crippen LogP contribution in [-0.4, -0.2) is 53.2 Å². The number of sulfonamides is 1. The van der Waals surface area contributed by atoms with Gasteiger partial charge in [0.05, 0.1) is 48.2 Å². The molecule has 3 aliphatic rings. The highest BCUT2D eigenvalue weighted by Gasteiger charge is 2.59. The Labute approximate surface area is 226 Å². The molecule has 204 valence electrons. The van der Waals surface area contributed by atoms with Gasteiger partial charge in [-0.3, -0.25) is 14.5 Å². The second-order valence-electron chi connectivity index (χ2n) is 10.4. The molecule has 3 aliphatic carbocycles. The predicted octanol–water partition coefficient (Wildman–Crippen LogP) is 3.55. The molecule has 0 aliphatic heterocycles. The minimum absolute atomic E-state index is 0.0218. The molecular formula is C27H30N6O5S. The van der Waals surface area contributed by atoms with Crippen LogP contribution < -0.4 is 19.5 Å². The van der Waals surface area contributed by atoms with E-state index in [0.717, 1.165) is 12.0 Å². The summed E-state index contributed by atoms with van der Waals surface area (Å²) in [6.07, 6.45) is 6.85. The highest BCUT2D eigenvalue weighted by atomic mass is 32.2. The number of ether oxygens (including phenoxy) is 2. The summed E-state index contributed by atoms with van der Waals surface area (Å²) >= 11 is 0. The van der Waals surface area contributed by atoms with Crippen molar-refractivity contribution in [2.75, 3.05) is 23.8 Å². The van der Waals surface area contributed by atoms with E-state index >= 15 is 0 Å². The van der Waals surface area contributed by atoms with E-state index < -0.39 is 20.7 Å². The Morgan fingerprint density at radius 2 is 1.82 bits per heavy atom. The van der Waals surface area contributed by atoms with Crippen molar-refractivity contribution in [3.63, 3.8) is 0 Å². The molecule has 3 saturated carbocycles. The lowest BCUT2D eigenvalue weighted by Gasteiger charge is -2.29. The van der Waals surface area contributed by atoms with Crippen LogP contribution in [0.1, 0.15) is 44.7 Å². The Bertz CT molecular complexity index is 1500. The Kier molecular flexibility index (Phi) is 6.37. The van der Waals surface area contributed by atoms with Crippen LogP contribution in [0, 0.1) is 11.8 Å². The molecular weight excluding hydrogens is 520 g/mol. The van der Waals surface area contributed by atoms with Crippen molar-refractivity contribution in [1.82, 2.24) is 19.9 Å². The molecule has 2 atom stereocenters. The lowest BCUT2D eigenvalue weighted by molar-refractivity contribution is -0.122. The Hall–Kier alpha value is -3.80. The zero-order valence-electron chi connectivity index (χ0n) is 21.8. The van der Waals surface area contributed by atoms with Gasteiger partial charge in [-0.05, 0) is 63.0 Å². The summed E-state index contributed by atoms with van der Waals surface area (Å²) in [4.78, 5) is 31.3. The largest absolute Gasteiger partial charge is 0.477 e. The number of benzene rings is 1. The highest BCUT2D eigenvalue weighted by Crippen LogP contribution is 2.60. The van der Waals surface area contributed by atoms with E-state index in [1.807, 2.05) is 31.2 Å². The van der Waals surface area contributed by atoms with Gasteiger partial charge in [-0.25, -0.2) is 13.4 Å². The number of nitrogens with zero attached hydrogens (tertiary/aromatic N) is 4. The van der Waals surface area contributed by atoms with Crippen LogP contribution in [0.2, 0.25) is 0 Å². The van der Waals surface area contributed by atoms with E-state index in [1.54, 1.807) is 18.5 Å². The fourth-order valence-corrected chi connectivity index (χ4v) is 6.72. The SMILES string of the molecule is CCOc1cncc(-c2ccc(NC(=O)C3(c4cc(NS(=O)(=O)C5CC5)nc(OC)n4)CC4CC4C3)cc2)n1. The number of rotatable bonds is 10. The van der Waals surface area contributed by atoms with Gasteiger partial charge in [0, 0.05) is 17.3 Å². The quantitative estimate of drug-likeness (QED) is 0.387. The number of nitrogens with one attached hydrogen (secondary N) is 2. The van der Waals surface area contributed by atoms with Crippen molar-refractivity contribution < 1.29 is 22.7 Å². The first-order valence-electron chi connectivity index (χ1n) is 13.1. The number of hydrogen-bond acceptors (Lipinski definition) is 9. The molecule has 0 radical (unpaired) electrons. The van der Waals surface area contributed by atoms with Crippen molar-refractivity contribution in [3.8, 4) is 23.1 Å². The number of hydrogen-bond donors (Lipinski definition) is 2. The Morgan fingerprint density at radius 3 is 2.49 bits per heavy atom. The van der Waals surface area contributed by atoms with Gasteiger partial charge in [-0.1, -0.05) is 12.1 Å². The van der Waals surface area contributed by atoms with Crippen LogP contribution in [0.3, 0.4) is 0 Å². The number of amides is 1. The van der Waals surface area contributed by atoms with Gasteiger partial charge in [-0.15, -0.1) is 0 Å². The molecule has 2 heterocycles. The minimum Gasteiger partial charge on any atom is -0.477 e. The highest BCUT2D eigenvalue weighted by molar-refractivity contribution is 7.93. The molecule has 1 aromatic carbocycles. The molecule has 2 unspecified atom stereocenters. The average Bonchev–Trinajstić information content (AvgIpc) is 3.87. The fraction of sp³-hybridized carbons (Fsp3) is 0.444. The van der Waals surface area contributed by atoms with E-state index in [0.29, 0.717) is 67.1 Å². The number of aromatic nitrogens is 4. The van der Waals surface area contributed by atoms with Crippen molar-refractivity contribution >= 4 is 27.4 Å². The third-order valence-electron chi connectivity index (χ3n) is 7.66. The van der Waals surface area contributed by atoms with Gasteiger partial charge in [0.15, 0.2) is 0 Å². The summed E-state index contributed by atoms with van der Waals surface area (Å²) in [5.74, 6) is 1.28. The second kappa shape index (κ2) is 9.74. The van der Waals surface area contributed by atoms with Crippen molar-refractivity contribution in [2.24, 2.45) is 11.8 Å². The van der Waals surface area contributed by atoms with Gasteiger partial charge >= 0.3 is 6.01 Å². The summed E-state index contributed by atoms with van der Waals surface area (Å²) in [6.45, 7) is 2.38. The molecule has 39 heavy (non-hydrogen) atoms. The van der Waals surface area contributed by atoms with Gasteiger partial charge in [-0.2, -0.15) is 9.97 Å². The van der Waals surface area contributed by atoms with Crippen LogP contribution in [0.15, 0.2) is 42.7 Å². The first-order valence-corrected chi connectivity index (χ1v) is 14.7. The number of methoxy groups -OCH3 is 1. The lowest BCUT2D eigenvalue weighted by Crippen LogP contribution is -2.40. The molecule has 0 spiro atoms. The minimum atomic E-state index is -3.54. The number of carbonyl (C=O) groups excluding carboxylic acids is 1. The van der Waals surface area contributed by atoms with Gasteiger partial charge in [0.25, 0.3) is 0 Å². The molecule has 2 aromatic heterocycles. The lowest BCUT2D eigenvalue weighted by atomic mass is 9.78. The zero-order valence-corrected chi connectivity index (χ0v) is 22.6. The smallest absolute Gasteiger partial charge is 0.318 e. The fourth-order valence-electron chi connectivity index (χ4n) is 5.40. The molecule has 6 rings (SSSR count). The van der Waals surface area contributed by atoms with E-state index in [9.17, 15) is 13.2 Å². The Balaban J connectivity index is 1.26. The van der Waals surface area contributed by atoms with Gasteiger partial charge < -0.3 is 14.8 Å². The van der Waals surface area contributed by atoms with Gasteiger partial charge in [0.1, 0.15) is 5.82 Å². The van der Waals surface area contributed by atoms with Crippen LogP contribution in [0.5, 0.6) is 11.9 Å². The van der Waals surface area contributed by atoms with Crippen LogP contribution in [0.25, 0.3) is 11.3 Å². The summed E-state index contributed by atoms with van der Waals surface area (Å²) in [6, 6.07) is 8.98. The van der Waals surface area contributed by atoms with E-state index in [2.05, 4.69) is 30.0 Å². The maximum absolute atomic E-state index is 13.9. The number of anilines is 2. The normalized spacial score (nSPS) is 23.5. The molecule has 0 bridgehead atoms. The molecule has 12 heteroatoms. The predicted molar refractivity (Wildman–Crippen MR) is 144 cm³/mol. The third-order valence-corrected chi connectivity index (χ3v) is 9.50. The van der Waals surface area contributed by atoms with Crippen LogP contribution in [-0.2, 0) is 20.2 Å². The molecule has 11 nitrogen and oxygen atoms in total. The average molecular weight is 551 g/mol. The number of carbonyl (C=O) groups is 1. The summed E-state index contributed by atoms with van der Waals surface area (Å²) in [7, 11) is -2.12. The second-order valence-corrected chi connectivity index (χ2v) is 12.4. The van der Waals surface area contributed by atoms with Gasteiger partial charge in [0.2, 0.25) is 21.8 Å². The first-order chi connectivity index (χ1) is 18.8. The summed E-state index contributed by atoms with van der Waals surface area (Å²) in [5.41, 5.74) is 1.69. The third kappa shape index (κ3) is 5.12. The monoisotopic (exact) mass is 550 g/mol. The van der Waals surface area contributed by atoms with Crippen molar-refractivity contribution in [3.05, 3.63) is 48.4 Å². The van der Waals surface area contributed by atoms with E-state index in [-0.39, 0.29) is 17.7 Å². The van der Waals surface area contributed by atoms with E-state index in [1.165, 1.54) is 7.11 Å². The topological polar surface area (TPSA) is 145 Å². The number of fused-ring (bicyclic) bond motifs is 1. The molecule has 2 N–H and O–H groups in total. The molecule has 0 saturated heterocycles. The molecule has 3 aromatic rings. The maximum atomic E-state index is 13.9. The van der Waals surface area contributed by atoms with Crippen LogP contribution >= 0.6 is 0 Å².